The number of ether oxygens (including phenoxy) is 1. The summed E-state index contributed by atoms with van der Waals surface area (Å²) in [7, 11) is 1.73. The molecule has 1 unspecified atom stereocenters. The van der Waals surface area contributed by atoms with Crippen LogP contribution in [0.4, 0.5) is 0 Å². The zero-order chi connectivity index (χ0) is 12.9. The van der Waals surface area contributed by atoms with Gasteiger partial charge in [-0.25, -0.2) is 0 Å². The molecule has 0 fully saturated rings. The fourth-order valence-electron chi connectivity index (χ4n) is 1.92. The Kier molecular flexibility index (Phi) is 5.16. The molecule has 0 saturated heterocycles. The number of hydrogen-bond donors (Lipinski definition) is 1. The first kappa shape index (κ1) is 14.2. The molecule has 0 bridgehead atoms. The molecule has 1 rings (SSSR count). The highest BCUT2D eigenvalue weighted by molar-refractivity contribution is 5.27. The number of nitrogens with two attached hydrogens (primary N) is 1. The molecule has 1 atom stereocenters. The lowest BCUT2D eigenvalue weighted by atomic mass is 9.86. The van der Waals surface area contributed by atoms with Crippen LogP contribution in [0.25, 0.3) is 0 Å². The van der Waals surface area contributed by atoms with Crippen LogP contribution in [0.15, 0.2) is 24.3 Å². The van der Waals surface area contributed by atoms with E-state index in [2.05, 4.69) is 45.0 Å². The molecule has 17 heavy (non-hydrogen) atoms. The van der Waals surface area contributed by atoms with Crippen molar-refractivity contribution in [3.8, 4) is 0 Å². The number of rotatable bonds is 5. The van der Waals surface area contributed by atoms with E-state index >= 15 is 0 Å². The van der Waals surface area contributed by atoms with Gasteiger partial charge in [-0.2, -0.15) is 0 Å². The van der Waals surface area contributed by atoms with Crippen molar-refractivity contribution in [2.75, 3.05) is 20.3 Å². The van der Waals surface area contributed by atoms with Crippen molar-refractivity contribution < 1.29 is 4.74 Å². The Balaban J connectivity index is 2.68. The summed E-state index contributed by atoms with van der Waals surface area (Å²) in [5.41, 5.74) is 8.66. The van der Waals surface area contributed by atoms with Crippen molar-refractivity contribution in [2.24, 2.45) is 11.7 Å². The highest BCUT2D eigenvalue weighted by Gasteiger charge is 2.13. The highest BCUT2D eigenvalue weighted by atomic mass is 16.5. The van der Waals surface area contributed by atoms with E-state index in [4.69, 9.17) is 10.5 Å². The SMILES string of the molecule is COCC(CN)Cc1ccc(C(C)(C)C)cc1. The highest BCUT2D eigenvalue weighted by Crippen LogP contribution is 2.22. The smallest absolute Gasteiger partial charge is 0.0505 e. The summed E-state index contributed by atoms with van der Waals surface area (Å²) >= 11 is 0. The van der Waals surface area contributed by atoms with Crippen molar-refractivity contribution in [1.82, 2.24) is 0 Å². The van der Waals surface area contributed by atoms with Crippen LogP contribution >= 0.6 is 0 Å². The minimum Gasteiger partial charge on any atom is -0.384 e. The summed E-state index contributed by atoms with van der Waals surface area (Å²) in [5.74, 6) is 0.417. The second kappa shape index (κ2) is 6.18. The van der Waals surface area contributed by atoms with Crippen LogP contribution in [-0.2, 0) is 16.6 Å². The van der Waals surface area contributed by atoms with Gasteiger partial charge in [-0.05, 0) is 35.4 Å². The van der Waals surface area contributed by atoms with Crippen LogP contribution < -0.4 is 5.73 Å². The van der Waals surface area contributed by atoms with Crippen molar-refractivity contribution >= 4 is 0 Å². The lowest BCUT2D eigenvalue weighted by Gasteiger charge is -2.20. The van der Waals surface area contributed by atoms with Gasteiger partial charge in [0.1, 0.15) is 0 Å². The molecule has 0 aliphatic heterocycles. The molecule has 1 aromatic carbocycles. The normalized spacial score (nSPS) is 13.7. The standard InChI is InChI=1S/C15H25NO/c1-15(2,3)14-7-5-12(6-8-14)9-13(10-16)11-17-4/h5-8,13H,9-11,16H2,1-4H3. The molecule has 0 heterocycles. The summed E-state index contributed by atoms with van der Waals surface area (Å²) in [5, 5.41) is 0. The zero-order valence-electron chi connectivity index (χ0n) is 11.5. The Bertz CT molecular complexity index is 324. The molecule has 0 saturated carbocycles. The van der Waals surface area contributed by atoms with E-state index in [1.54, 1.807) is 7.11 Å². The van der Waals surface area contributed by atoms with Gasteiger partial charge < -0.3 is 10.5 Å². The Morgan fingerprint density at radius 3 is 2.18 bits per heavy atom. The van der Waals surface area contributed by atoms with Gasteiger partial charge in [0, 0.05) is 7.11 Å². The first-order valence-corrected chi connectivity index (χ1v) is 6.25. The lowest BCUT2D eigenvalue weighted by Crippen LogP contribution is -2.21. The third kappa shape index (κ3) is 4.49. The molecule has 2 nitrogen and oxygen atoms in total. The van der Waals surface area contributed by atoms with Crippen molar-refractivity contribution in [2.45, 2.75) is 32.6 Å². The van der Waals surface area contributed by atoms with Gasteiger partial charge in [0.05, 0.1) is 6.61 Å². The van der Waals surface area contributed by atoms with E-state index in [0.29, 0.717) is 12.5 Å². The van der Waals surface area contributed by atoms with Crippen LogP contribution in [-0.4, -0.2) is 20.3 Å². The van der Waals surface area contributed by atoms with Crippen LogP contribution in [0.5, 0.6) is 0 Å². The van der Waals surface area contributed by atoms with E-state index in [9.17, 15) is 0 Å². The van der Waals surface area contributed by atoms with E-state index in [-0.39, 0.29) is 5.41 Å². The second-order valence-corrected chi connectivity index (χ2v) is 5.71. The van der Waals surface area contributed by atoms with E-state index in [1.807, 2.05) is 0 Å². The topological polar surface area (TPSA) is 35.2 Å². The maximum Gasteiger partial charge on any atom is 0.0505 e. The third-order valence-electron chi connectivity index (χ3n) is 3.08. The molecular formula is C15H25NO. The largest absolute Gasteiger partial charge is 0.384 e. The van der Waals surface area contributed by atoms with Gasteiger partial charge in [-0.15, -0.1) is 0 Å². The van der Waals surface area contributed by atoms with Crippen LogP contribution in [0.3, 0.4) is 0 Å². The van der Waals surface area contributed by atoms with E-state index < -0.39 is 0 Å². The van der Waals surface area contributed by atoms with Gasteiger partial charge in [0.15, 0.2) is 0 Å². The van der Waals surface area contributed by atoms with Gasteiger partial charge >= 0.3 is 0 Å². The molecule has 0 spiro atoms. The lowest BCUT2D eigenvalue weighted by molar-refractivity contribution is 0.155. The van der Waals surface area contributed by atoms with Crippen LogP contribution in [0.2, 0.25) is 0 Å². The number of benzene rings is 1. The summed E-state index contributed by atoms with van der Waals surface area (Å²) in [6.07, 6.45) is 0.995. The van der Waals surface area contributed by atoms with E-state index in [0.717, 1.165) is 13.0 Å². The Morgan fingerprint density at radius 1 is 1.18 bits per heavy atom. The molecule has 2 heteroatoms. The number of hydrogen-bond acceptors (Lipinski definition) is 2. The second-order valence-electron chi connectivity index (χ2n) is 5.71. The third-order valence-corrected chi connectivity index (χ3v) is 3.08. The van der Waals surface area contributed by atoms with Crippen molar-refractivity contribution in [3.63, 3.8) is 0 Å². The van der Waals surface area contributed by atoms with Crippen LogP contribution in [0, 0.1) is 5.92 Å². The van der Waals surface area contributed by atoms with Crippen LogP contribution in [0.1, 0.15) is 31.9 Å². The maximum atomic E-state index is 5.73. The molecular weight excluding hydrogens is 210 g/mol. The molecule has 2 N–H and O–H groups in total. The Morgan fingerprint density at radius 2 is 1.76 bits per heavy atom. The minimum atomic E-state index is 0.221. The first-order chi connectivity index (χ1) is 7.97. The van der Waals surface area contributed by atoms with Gasteiger partial charge in [0.25, 0.3) is 0 Å². The molecule has 1 aromatic rings. The van der Waals surface area contributed by atoms with Gasteiger partial charge in [0.2, 0.25) is 0 Å². The molecule has 0 radical (unpaired) electrons. The fourth-order valence-corrected chi connectivity index (χ4v) is 1.92. The average molecular weight is 235 g/mol. The zero-order valence-corrected chi connectivity index (χ0v) is 11.5. The maximum absolute atomic E-state index is 5.73. The molecule has 0 aliphatic carbocycles. The predicted octanol–water partition coefficient (Wildman–Crippen LogP) is 2.75. The van der Waals surface area contributed by atoms with Crippen molar-refractivity contribution in [1.29, 1.82) is 0 Å². The monoisotopic (exact) mass is 235 g/mol. The first-order valence-electron chi connectivity index (χ1n) is 6.25. The molecule has 0 aromatic heterocycles. The number of methoxy groups -OCH3 is 1. The fraction of sp³-hybridized carbons (Fsp3) is 0.600. The summed E-state index contributed by atoms with van der Waals surface area (Å²) in [6, 6.07) is 8.85. The Hall–Kier alpha value is -0.860. The van der Waals surface area contributed by atoms with E-state index in [1.165, 1.54) is 11.1 Å². The van der Waals surface area contributed by atoms with Gasteiger partial charge in [-0.1, -0.05) is 45.0 Å². The quantitative estimate of drug-likeness (QED) is 0.851. The van der Waals surface area contributed by atoms with Gasteiger partial charge in [-0.3, -0.25) is 0 Å². The minimum absolute atomic E-state index is 0.221. The molecule has 0 amide bonds. The summed E-state index contributed by atoms with van der Waals surface area (Å²) < 4.78 is 5.17. The summed E-state index contributed by atoms with van der Waals surface area (Å²) in [6.45, 7) is 8.10. The summed E-state index contributed by atoms with van der Waals surface area (Å²) in [4.78, 5) is 0. The molecule has 0 aliphatic rings. The Labute approximate surface area is 105 Å². The predicted molar refractivity (Wildman–Crippen MR) is 73.3 cm³/mol. The average Bonchev–Trinajstić information content (AvgIpc) is 2.28. The molecule has 96 valence electrons. The van der Waals surface area contributed by atoms with Crippen molar-refractivity contribution in [3.05, 3.63) is 35.4 Å².